The molecule has 9 nitrogen and oxygen atoms in total. The molecule has 0 aromatic heterocycles. The molecule has 9 heteroatoms. The molecule has 37 heavy (non-hydrogen) atoms. The Morgan fingerprint density at radius 1 is 1.11 bits per heavy atom. The van der Waals surface area contributed by atoms with Gasteiger partial charge in [0, 0.05) is 53.4 Å². The second-order valence-electron chi connectivity index (χ2n) is 9.61. The number of ether oxygens (including phenoxy) is 5. The van der Waals surface area contributed by atoms with E-state index in [4.69, 9.17) is 23.7 Å². The molecule has 0 radical (unpaired) electrons. The van der Waals surface area contributed by atoms with Gasteiger partial charge in [-0.2, -0.15) is 0 Å². The van der Waals surface area contributed by atoms with Crippen molar-refractivity contribution in [2.45, 2.75) is 31.2 Å². The van der Waals surface area contributed by atoms with Crippen molar-refractivity contribution in [2.24, 2.45) is 0 Å². The molecule has 2 heterocycles. The van der Waals surface area contributed by atoms with Gasteiger partial charge in [0.25, 0.3) is 0 Å². The first-order valence-electron chi connectivity index (χ1n) is 12.8. The summed E-state index contributed by atoms with van der Waals surface area (Å²) in [6.07, 6.45) is 0.0396. The summed E-state index contributed by atoms with van der Waals surface area (Å²) >= 11 is 0. The van der Waals surface area contributed by atoms with Gasteiger partial charge < -0.3 is 38.8 Å². The number of piperidine rings is 1. The zero-order chi connectivity index (χ0) is 26.2. The van der Waals surface area contributed by atoms with E-state index < -0.39 is 0 Å². The normalized spacial score (nSPS) is 21.1. The molecule has 2 aliphatic rings. The third-order valence-corrected chi connectivity index (χ3v) is 6.83. The lowest BCUT2D eigenvalue weighted by molar-refractivity contribution is -0.0417. The molecule has 2 aromatic rings. The molecule has 0 aliphatic carbocycles. The molecular formula is C28H39N3O6. The van der Waals surface area contributed by atoms with E-state index in [0.717, 1.165) is 54.4 Å². The van der Waals surface area contributed by atoms with Crippen LogP contribution in [0.15, 0.2) is 42.5 Å². The van der Waals surface area contributed by atoms with Crippen LogP contribution in [0.4, 0.5) is 10.5 Å². The second kappa shape index (κ2) is 13.0. The number of rotatable bonds is 10. The first kappa shape index (κ1) is 27.0. The Kier molecular flexibility index (Phi) is 9.49. The van der Waals surface area contributed by atoms with Crippen LogP contribution < -0.4 is 19.7 Å². The summed E-state index contributed by atoms with van der Waals surface area (Å²) in [6.45, 7) is 4.83. The predicted molar refractivity (Wildman–Crippen MR) is 142 cm³/mol. The maximum Gasteiger partial charge on any atom is 0.409 e. The molecule has 1 saturated heterocycles. The zero-order valence-electron chi connectivity index (χ0n) is 22.3. The molecule has 1 fully saturated rings. The highest BCUT2D eigenvalue weighted by Crippen LogP contribution is 2.35. The highest BCUT2D eigenvalue weighted by molar-refractivity contribution is 5.67. The van der Waals surface area contributed by atoms with E-state index in [2.05, 4.69) is 22.3 Å². The SMILES string of the molecule is COCCCN1CCOc2ccc(COC3CNCC(OC(=O)N(C)C)C3c3ccc(OC)cc3)cc21. The van der Waals surface area contributed by atoms with E-state index >= 15 is 0 Å². The number of carbonyl (C=O) groups excluding carboxylic acids is 1. The lowest BCUT2D eigenvalue weighted by Gasteiger charge is -2.38. The van der Waals surface area contributed by atoms with Crippen LogP contribution in [0.3, 0.4) is 0 Å². The molecule has 0 bridgehead atoms. The third-order valence-electron chi connectivity index (χ3n) is 6.83. The number of benzene rings is 2. The number of hydrogen-bond acceptors (Lipinski definition) is 8. The minimum absolute atomic E-state index is 0.123. The first-order chi connectivity index (χ1) is 18.0. The summed E-state index contributed by atoms with van der Waals surface area (Å²) in [4.78, 5) is 16.2. The molecule has 2 aliphatic heterocycles. The van der Waals surface area contributed by atoms with Crippen molar-refractivity contribution in [3.05, 3.63) is 53.6 Å². The number of fused-ring (bicyclic) bond motifs is 1. The summed E-state index contributed by atoms with van der Waals surface area (Å²) in [5, 5.41) is 3.39. The Morgan fingerprint density at radius 2 is 1.89 bits per heavy atom. The van der Waals surface area contributed by atoms with Gasteiger partial charge in [-0.15, -0.1) is 0 Å². The van der Waals surface area contributed by atoms with Gasteiger partial charge in [0.15, 0.2) is 0 Å². The van der Waals surface area contributed by atoms with Crippen LogP contribution in [0.1, 0.15) is 23.5 Å². The molecule has 0 saturated carbocycles. The Morgan fingerprint density at radius 3 is 2.62 bits per heavy atom. The maximum absolute atomic E-state index is 12.4. The zero-order valence-corrected chi connectivity index (χ0v) is 22.3. The van der Waals surface area contributed by atoms with E-state index in [1.54, 1.807) is 28.3 Å². The number of amides is 1. The van der Waals surface area contributed by atoms with Gasteiger partial charge in [0.2, 0.25) is 0 Å². The van der Waals surface area contributed by atoms with Gasteiger partial charge in [-0.05, 0) is 41.8 Å². The van der Waals surface area contributed by atoms with Crippen LogP contribution in [-0.2, 0) is 20.8 Å². The van der Waals surface area contributed by atoms with Crippen molar-refractivity contribution in [3.63, 3.8) is 0 Å². The molecular weight excluding hydrogens is 474 g/mol. The highest BCUT2D eigenvalue weighted by Gasteiger charge is 2.38. The minimum atomic E-state index is -0.366. The van der Waals surface area contributed by atoms with E-state index in [-0.39, 0.29) is 24.2 Å². The van der Waals surface area contributed by atoms with Crippen molar-refractivity contribution < 1.29 is 28.5 Å². The predicted octanol–water partition coefficient (Wildman–Crippen LogP) is 3.27. The van der Waals surface area contributed by atoms with Crippen LogP contribution >= 0.6 is 0 Å². The van der Waals surface area contributed by atoms with Crippen LogP contribution in [-0.4, -0.2) is 90.9 Å². The standard InChI is InChI=1S/C28H39N3O6/c1-30(2)28(32)37-26-18-29-17-25(27(26)21-7-9-22(34-4)10-8-21)36-19-20-6-11-24-23(16-20)31(13-15-35-24)12-5-14-33-3/h6-11,16,25-27,29H,5,12-15,17-19H2,1-4H3. The minimum Gasteiger partial charge on any atom is -0.497 e. The van der Waals surface area contributed by atoms with Gasteiger partial charge >= 0.3 is 6.09 Å². The largest absolute Gasteiger partial charge is 0.497 e. The average molecular weight is 514 g/mol. The summed E-state index contributed by atoms with van der Waals surface area (Å²) in [7, 11) is 6.75. The Bertz CT molecular complexity index is 1020. The molecule has 2 aromatic carbocycles. The quantitative estimate of drug-likeness (QED) is 0.485. The summed E-state index contributed by atoms with van der Waals surface area (Å²) in [5.74, 6) is 1.56. The molecule has 3 unspecified atom stereocenters. The fraction of sp³-hybridized carbons (Fsp3) is 0.536. The van der Waals surface area contributed by atoms with Gasteiger partial charge in [-0.25, -0.2) is 4.79 Å². The second-order valence-corrected chi connectivity index (χ2v) is 9.61. The fourth-order valence-corrected chi connectivity index (χ4v) is 4.87. The summed E-state index contributed by atoms with van der Waals surface area (Å²) in [6, 6.07) is 14.1. The third kappa shape index (κ3) is 6.85. The van der Waals surface area contributed by atoms with Crippen molar-refractivity contribution in [3.8, 4) is 11.5 Å². The van der Waals surface area contributed by atoms with Crippen LogP contribution in [0.2, 0.25) is 0 Å². The smallest absolute Gasteiger partial charge is 0.409 e. The lowest BCUT2D eigenvalue weighted by Crippen LogP contribution is -2.51. The maximum atomic E-state index is 12.4. The van der Waals surface area contributed by atoms with Gasteiger partial charge in [0.1, 0.15) is 24.2 Å². The summed E-state index contributed by atoms with van der Waals surface area (Å²) in [5.41, 5.74) is 3.21. The lowest BCUT2D eigenvalue weighted by atomic mass is 9.85. The number of nitrogens with zero attached hydrogens (tertiary/aromatic N) is 2. The Labute approximate surface area is 219 Å². The van der Waals surface area contributed by atoms with E-state index in [1.165, 1.54) is 4.90 Å². The average Bonchev–Trinajstić information content (AvgIpc) is 2.92. The van der Waals surface area contributed by atoms with Gasteiger partial charge in [-0.1, -0.05) is 18.2 Å². The van der Waals surface area contributed by atoms with E-state index in [0.29, 0.717) is 26.3 Å². The number of methoxy groups -OCH3 is 2. The molecule has 1 N–H and O–H groups in total. The molecule has 0 spiro atoms. The van der Waals surface area contributed by atoms with E-state index in [9.17, 15) is 4.79 Å². The van der Waals surface area contributed by atoms with Crippen molar-refractivity contribution >= 4 is 11.8 Å². The highest BCUT2D eigenvalue weighted by atomic mass is 16.6. The van der Waals surface area contributed by atoms with Crippen molar-refractivity contribution in [1.82, 2.24) is 10.2 Å². The van der Waals surface area contributed by atoms with Crippen LogP contribution in [0.25, 0.3) is 0 Å². The Hall–Kier alpha value is -3.01. The first-order valence-corrected chi connectivity index (χ1v) is 12.8. The van der Waals surface area contributed by atoms with Crippen molar-refractivity contribution in [2.75, 3.05) is 72.6 Å². The molecule has 4 rings (SSSR count). The number of nitrogens with one attached hydrogen (secondary N) is 1. The van der Waals surface area contributed by atoms with E-state index in [1.807, 2.05) is 30.3 Å². The summed E-state index contributed by atoms with van der Waals surface area (Å²) < 4.78 is 28.8. The van der Waals surface area contributed by atoms with Crippen molar-refractivity contribution in [1.29, 1.82) is 0 Å². The van der Waals surface area contributed by atoms with Crippen LogP contribution in [0.5, 0.6) is 11.5 Å². The fourth-order valence-electron chi connectivity index (χ4n) is 4.87. The van der Waals surface area contributed by atoms with Gasteiger partial charge in [0.05, 0.1) is 32.1 Å². The topological polar surface area (TPSA) is 81.7 Å². The molecule has 3 atom stereocenters. The Balaban J connectivity index is 1.51. The molecule has 1 amide bonds. The number of carbonyl (C=O) groups is 1. The number of hydrogen-bond donors (Lipinski definition) is 1. The molecule has 202 valence electrons. The van der Waals surface area contributed by atoms with Crippen LogP contribution in [0, 0.1) is 0 Å². The number of anilines is 1. The monoisotopic (exact) mass is 513 g/mol. The van der Waals surface area contributed by atoms with Gasteiger partial charge in [-0.3, -0.25) is 0 Å².